The smallest absolute Gasteiger partial charge is 0.339 e. The maximum absolute atomic E-state index is 11.5. The second-order valence-corrected chi connectivity index (χ2v) is 3.35. The first kappa shape index (κ1) is 12.0. The van der Waals surface area contributed by atoms with Crippen molar-refractivity contribution in [1.29, 1.82) is 0 Å². The Hall–Kier alpha value is -2.08. The summed E-state index contributed by atoms with van der Waals surface area (Å²) < 4.78 is 4.93. The van der Waals surface area contributed by atoms with Crippen LogP contribution in [-0.2, 0) is 4.74 Å². The number of ketones is 1. The van der Waals surface area contributed by atoms with Crippen LogP contribution in [-0.4, -0.2) is 17.9 Å². The lowest BCUT2D eigenvalue weighted by Crippen LogP contribution is -2.13. The molecule has 0 saturated carbocycles. The van der Waals surface area contributed by atoms with Crippen molar-refractivity contribution in [3.63, 3.8) is 0 Å². The maximum atomic E-state index is 11.5. The van der Waals surface area contributed by atoms with Crippen LogP contribution in [0.2, 0.25) is 0 Å². The lowest BCUT2D eigenvalue weighted by Gasteiger charge is -2.07. The largest absolute Gasteiger partial charge is 0.446 e. The molecule has 0 fully saturated rings. The van der Waals surface area contributed by atoms with Gasteiger partial charge in [0.05, 0.1) is 5.56 Å². The third-order valence-electron chi connectivity index (χ3n) is 2.05. The van der Waals surface area contributed by atoms with E-state index >= 15 is 0 Å². The van der Waals surface area contributed by atoms with Gasteiger partial charge in [0.1, 0.15) is 0 Å². The minimum absolute atomic E-state index is 0.0445. The molecule has 0 bridgehead atoms. The van der Waals surface area contributed by atoms with Crippen LogP contribution in [0.4, 0.5) is 0 Å². The first-order valence-electron chi connectivity index (χ1n) is 4.82. The Morgan fingerprint density at radius 1 is 1.25 bits per heavy atom. The number of hydrogen-bond acceptors (Lipinski definition) is 3. The second kappa shape index (κ2) is 5.13. The van der Waals surface area contributed by atoms with Crippen LogP contribution in [0, 0.1) is 12.3 Å². The number of benzene rings is 1. The highest BCUT2D eigenvalue weighted by molar-refractivity contribution is 5.96. The maximum Gasteiger partial charge on any atom is 0.339 e. The summed E-state index contributed by atoms with van der Waals surface area (Å²) in [7, 11) is 0. The molecule has 1 rings (SSSR count). The molecule has 3 nitrogen and oxygen atoms in total. The van der Waals surface area contributed by atoms with Crippen molar-refractivity contribution in [3.8, 4) is 12.3 Å². The van der Waals surface area contributed by atoms with Crippen molar-refractivity contribution in [2.75, 3.05) is 0 Å². The molecule has 0 spiro atoms. The molecular weight excluding hydrogens is 204 g/mol. The van der Waals surface area contributed by atoms with E-state index in [2.05, 4.69) is 5.92 Å². The summed E-state index contributed by atoms with van der Waals surface area (Å²) >= 11 is 0. The highest BCUT2D eigenvalue weighted by Crippen LogP contribution is 2.07. The van der Waals surface area contributed by atoms with Gasteiger partial charge in [-0.2, -0.15) is 0 Å². The van der Waals surface area contributed by atoms with E-state index < -0.39 is 12.1 Å². The molecule has 1 unspecified atom stereocenters. The van der Waals surface area contributed by atoms with Gasteiger partial charge in [-0.15, -0.1) is 6.42 Å². The molecule has 0 aliphatic heterocycles. The number of carbonyl (C=O) groups excluding carboxylic acids is 2. The minimum Gasteiger partial charge on any atom is -0.446 e. The quantitative estimate of drug-likeness (QED) is 0.441. The molecule has 0 radical (unpaired) electrons. The second-order valence-electron chi connectivity index (χ2n) is 3.35. The SMILES string of the molecule is C#CC(C)OC(=O)c1ccc(C(C)=O)cc1. The number of ether oxygens (including phenoxy) is 1. The number of rotatable bonds is 3. The van der Waals surface area contributed by atoms with Gasteiger partial charge in [0, 0.05) is 5.56 Å². The number of esters is 1. The lowest BCUT2D eigenvalue weighted by molar-refractivity contribution is 0.0438. The normalized spacial score (nSPS) is 11.3. The molecule has 0 N–H and O–H groups in total. The van der Waals surface area contributed by atoms with Crippen molar-refractivity contribution in [2.24, 2.45) is 0 Å². The zero-order chi connectivity index (χ0) is 12.1. The van der Waals surface area contributed by atoms with E-state index in [0.717, 1.165) is 0 Å². The molecule has 0 aliphatic carbocycles. The van der Waals surface area contributed by atoms with Gasteiger partial charge in [0.2, 0.25) is 0 Å². The van der Waals surface area contributed by atoms with Gasteiger partial charge >= 0.3 is 5.97 Å². The van der Waals surface area contributed by atoms with Gasteiger partial charge in [0.15, 0.2) is 11.9 Å². The van der Waals surface area contributed by atoms with Crippen molar-refractivity contribution >= 4 is 11.8 Å². The van der Waals surface area contributed by atoms with E-state index in [0.29, 0.717) is 11.1 Å². The molecule has 1 atom stereocenters. The van der Waals surface area contributed by atoms with E-state index in [1.54, 1.807) is 31.2 Å². The van der Waals surface area contributed by atoms with Crippen LogP contribution < -0.4 is 0 Å². The molecular formula is C13H12O3. The molecule has 1 aromatic rings. The molecule has 0 heterocycles. The number of carbonyl (C=O) groups is 2. The van der Waals surface area contributed by atoms with Crippen LogP contribution in [0.15, 0.2) is 24.3 Å². The van der Waals surface area contributed by atoms with Crippen molar-refractivity contribution in [2.45, 2.75) is 20.0 Å². The summed E-state index contributed by atoms with van der Waals surface area (Å²) in [5.74, 6) is 1.77. The molecule has 0 aliphatic rings. The van der Waals surface area contributed by atoms with E-state index in [-0.39, 0.29) is 5.78 Å². The highest BCUT2D eigenvalue weighted by atomic mass is 16.5. The summed E-state index contributed by atoms with van der Waals surface area (Å²) in [6, 6.07) is 6.25. The van der Waals surface area contributed by atoms with E-state index in [9.17, 15) is 9.59 Å². The van der Waals surface area contributed by atoms with E-state index in [1.165, 1.54) is 6.92 Å². The Morgan fingerprint density at radius 2 is 1.75 bits per heavy atom. The van der Waals surface area contributed by atoms with Gasteiger partial charge in [-0.05, 0) is 26.0 Å². The Balaban J connectivity index is 2.79. The van der Waals surface area contributed by atoms with E-state index in [1.807, 2.05) is 0 Å². The first-order chi connectivity index (χ1) is 7.54. The summed E-state index contributed by atoms with van der Waals surface area (Å²) in [6.45, 7) is 3.08. The fourth-order valence-corrected chi connectivity index (χ4v) is 1.10. The summed E-state index contributed by atoms with van der Waals surface area (Å²) in [4.78, 5) is 22.5. The Labute approximate surface area is 94.4 Å². The van der Waals surface area contributed by atoms with Gasteiger partial charge in [-0.3, -0.25) is 4.79 Å². The number of Topliss-reactive ketones (excluding diaryl/α,β-unsaturated/α-hetero) is 1. The monoisotopic (exact) mass is 216 g/mol. The van der Waals surface area contributed by atoms with Crippen LogP contribution in [0.25, 0.3) is 0 Å². The van der Waals surface area contributed by atoms with Crippen molar-refractivity contribution in [3.05, 3.63) is 35.4 Å². The minimum atomic E-state index is -0.556. The van der Waals surface area contributed by atoms with Crippen molar-refractivity contribution in [1.82, 2.24) is 0 Å². The molecule has 1 aromatic carbocycles. The number of terminal acetylenes is 1. The summed E-state index contributed by atoms with van der Waals surface area (Å²) in [5, 5.41) is 0. The topological polar surface area (TPSA) is 43.4 Å². The molecule has 0 amide bonds. The summed E-state index contributed by atoms with van der Waals surface area (Å²) in [6.07, 6.45) is 4.53. The third-order valence-corrected chi connectivity index (χ3v) is 2.05. The predicted molar refractivity (Wildman–Crippen MR) is 60.2 cm³/mol. The van der Waals surface area contributed by atoms with Gasteiger partial charge in [-0.25, -0.2) is 4.79 Å². The average Bonchev–Trinajstić information content (AvgIpc) is 2.28. The van der Waals surface area contributed by atoms with E-state index in [4.69, 9.17) is 11.2 Å². The highest BCUT2D eigenvalue weighted by Gasteiger charge is 2.10. The van der Waals surface area contributed by atoms with Crippen LogP contribution >= 0.6 is 0 Å². The molecule has 0 saturated heterocycles. The number of hydrogen-bond donors (Lipinski definition) is 0. The summed E-state index contributed by atoms with van der Waals surface area (Å²) in [5.41, 5.74) is 0.939. The fourth-order valence-electron chi connectivity index (χ4n) is 1.10. The predicted octanol–water partition coefficient (Wildman–Crippen LogP) is 2.07. The van der Waals surface area contributed by atoms with Crippen LogP contribution in [0.1, 0.15) is 34.6 Å². The van der Waals surface area contributed by atoms with Gasteiger partial charge in [-0.1, -0.05) is 18.1 Å². The van der Waals surface area contributed by atoms with Gasteiger partial charge in [0.25, 0.3) is 0 Å². The zero-order valence-electron chi connectivity index (χ0n) is 9.19. The standard InChI is InChI=1S/C13H12O3/c1-4-9(2)16-13(15)12-7-5-11(6-8-12)10(3)14/h1,5-9H,2-3H3. The lowest BCUT2D eigenvalue weighted by atomic mass is 10.1. The fraction of sp³-hybridized carbons (Fsp3) is 0.231. The molecule has 3 heteroatoms. The Kier molecular flexibility index (Phi) is 3.84. The van der Waals surface area contributed by atoms with Crippen LogP contribution in [0.3, 0.4) is 0 Å². The third kappa shape index (κ3) is 2.96. The first-order valence-corrected chi connectivity index (χ1v) is 4.82. The molecule has 16 heavy (non-hydrogen) atoms. The van der Waals surface area contributed by atoms with Crippen LogP contribution in [0.5, 0.6) is 0 Å². The Morgan fingerprint density at radius 3 is 2.19 bits per heavy atom. The average molecular weight is 216 g/mol. The zero-order valence-corrected chi connectivity index (χ0v) is 9.19. The van der Waals surface area contributed by atoms with Gasteiger partial charge < -0.3 is 4.74 Å². The van der Waals surface area contributed by atoms with Crippen molar-refractivity contribution < 1.29 is 14.3 Å². The Bertz CT molecular complexity index is 437. The molecule has 82 valence electrons. The molecule has 0 aromatic heterocycles.